The standard InChI is InChI=1S/C10H11BrN2O/c1-3-14-10-12-8-5-7(11)4-6(2)9(8)13-10/h4-5H,3H2,1-2H3,(H,12,13). The largest absolute Gasteiger partial charge is 0.465 e. The van der Waals surface area contributed by atoms with Gasteiger partial charge in [-0.1, -0.05) is 15.9 Å². The maximum atomic E-state index is 5.30. The van der Waals surface area contributed by atoms with Crippen molar-refractivity contribution in [1.29, 1.82) is 0 Å². The van der Waals surface area contributed by atoms with Gasteiger partial charge >= 0.3 is 0 Å². The summed E-state index contributed by atoms with van der Waals surface area (Å²) in [4.78, 5) is 7.46. The average molecular weight is 255 g/mol. The van der Waals surface area contributed by atoms with E-state index in [4.69, 9.17) is 4.74 Å². The molecule has 0 fully saturated rings. The van der Waals surface area contributed by atoms with Crippen LogP contribution < -0.4 is 4.74 Å². The number of hydrogen-bond acceptors (Lipinski definition) is 2. The second-order valence-electron chi connectivity index (χ2n) is 3.09. The Kier molecular flexibility index (Phi) is 2.46. The molecule has 0 unspecified atom stereocenters. The van der Waals surface area contributed by atoms with Crippen molar-refractivity contribution in [3.05, 3.63) is 22.2 Å². The van der Waals surface area contributed by atoms with E-state index in [0.29, 0.717) is 12.6 Å². The van der Waals surface area contributed by atoms with Crippen LogP contribution in [-0.4, -0.2) is 16.6 Å². The van der Waals surface area contributed by atoms with Crippen molar-refractivity contribution in [3.8, 4) is 6.01 Å². The predicted octanol–water partition coefficient (Wildman–Crippen LogP) is 3.03. The summed E-state index contributed by atoms with van der Waals surface area (Å²) in [6, 6.07) is 4.63. The van der Waals surface area contributed by atoms with Crippen molar-refractivity contribution in [3.63, 3.8) is 0 Å². The third-order valence-corrected chi connectivity index (χ3v) is 2.46. The van der Waals surface area contributed by atoms with Gasteiger partial charge in [0.1, 0.15) is 0 Å². The first kappa shape index (κ1) is 9.52. The highest BCUT2D eigenvalue weighted by atomic mass is 79.9. The number of hydrogen-bond donors (Lipinski definition) is 1. The third-order valence-electron chi connectivity index (χ3n) is 2.00. The lowest BCUT2D eigenvalue weighted by Gasteiger charge is -1.94. The number of aryl methyl sites for hydroxylation is 1. The van der Waals surface area contributed by atoms with E-state index in [1.807, 2.05) is 26.0 Å². The number of fused-ring (bicyclic) bond motifs is 1. The molecule has 0 amide bonds. The van der Waals surface area contributed by atoms with Gasteiger partial charge in [-0.05, 0) is 31.5 Å². The molecule has 0 aliphatic carbocycles. The number of aromatic amines is 1. The zero-order valence-electron chi connectivity index (χ0n) is 8.10. The molecule has 0 bridgehead atoms. The van der Waals surface area contributed by atoms with Crippen LogP contribution in [0.25, 0.3) is 11.0 Å². The van der Waals surface area contributed by atoms with E-state index in [2.05, 4.69) is 25.9 Å². The monoisotopic (exact) mass is 254 g/mol. The highest BCUT2D eigenvalue weighted by Gasteiger charge is 2.06. The molecular weight excluding hydrogens is 244 g/mol. The van der Waals surface area contributed by atoms with Gasteiger partial charge in [0.25, 0.3) is 6.01 Å². The van der Waals surface area contributed by atoms with Gasteiger partial charge in [0.15, 0.2) is 0 Å². The lowest BCUT2D eigenvalue weighted by molar-refractivity contribution is 0.317. The minimum Gasteiger partial charge on any atom is -0.465 e. The molecule has 14 heavy (non-hydrogen) atoms. The van der Waals surface area contributed by atoms with E-state index in [1.165, 1.54) is 0 Å². The first-order chi connectivity index (χ1) is 6.70. The van der Waals surface area contributed by atoms with Gasteiger partial charge in [0.05, 0.1) is 17.6 Å². The van der Waals surface area contributed by atoms with Crippen LogP contribution in [0.2, 0.25) is 0 Å². The molecule has 0 saturated heterocycles. The van der Waals surface area contributed by atoms with Crippen molar-refractivity contribution in [1.82, 2.24) is 9.97 Å². The average Bonchev–Trinajstić information content (AvgIpc) is 2.48. The molecule has 4 heteroatoms. The van der Waals surface area contributed by atoms with Gasteiger partial charge in [-0.3, -0.25) is 0 Å². The van der Waals surface area contributed by atoms with Gasteiger partial charge in [-0.2, -0.15) is 4.98 Å². The summed E-state index contributed by atoms with van der Waals surface area (Å²) in [5, 5.41) is 0. The number of nitrogens with one attached hydrogen (secondary N) is 1. The van der Waals surface area contributed by atoms with Crippen LogP contribution in [0, 0.1) is 6.92 Å². The molecule has 3 nitrogen and oxygen atoms in total. The fraction of sp³-hybridized carbons (Fsp3) is 0.300. The van der Waals surface area contributed by atoms with E-state index < -0.39 is 0 Å². The van der Waals surface area contributed by atoms with Crippen molar-refractivity contribution in [2.24, 2.45) is 0 Å². The van der Waals surface area contributed by atoms with Crippen molar-refractivity contribution in [2.75, 3.05) is 6.61 Å². The van der Waals surface area contributed by atoms with Crippen LogP contribution in [0.5, 0.6) is 6.01 Å². The second kappa shape index (κ2) is 3.61. The van der Waals surface area contributed by atoms with Gasteiger partial charge in [-0.15, -0.1) is 0 Å². The molecule has 0 spiro atoms. The van der Waals surface area contributed by atoms with Gasteiger partial charge < -0.3 is 9.72 Å². The summed E-state index contributed by atoms with van der Waals surface area (Å²) in [6.07, 6.45) is 0. The molecule has 1 heterocycles. The van der Waals surface area contributed by atoms with Gasteiger partial charge in [0.2, 0.25) is 0 Å². The number of halogens is 1. The summed E-state index contributed by atoms with van der Waals surface area (Å²) in [6.45, 7) is 4.60. The van der Waals surface area contributed by atoms with Crippen LogP contribution in [0.15, 0.2) is 16.6 Å². The van der Waals surface area contributed by atoms with E-state index in [-0.39, 0.29) is 0 Å². The molecule has 0 aliphatic rings. The second-order valence-corrected chi connectivity index (χ2v) is 4.01. The maximum absolute atomic E-state index is 5.30. The number of H-pyrrole nitrogens is 1. The topological polar surface area (TPSA) is 37.9 Å². The molecule has 0 radical (unpaired) electrons. The molecule has 2 aromatic rings. The molecule has 0 atom stereocenters. The summed E-state index contributed by atoms with van der Waals surface area (Å²) in [7, 11) is 0. The quantitative estimate of drug-likeness (QED) is 0.895. The van der Waals surface area contributed by atoms with E-state index in [9.17, 15) is 0 Å². The van der Waals surface area contributed by atoms with E-state index >= 15 is 0 Å². The Labute approximate surface area is 90.6 Å². The Bertz CT molecular complexity index is 464. The maximum Gasteiger partial charge on any atom is 0.294 e. The number of nitrogens with zero attached hydrogens (tertiary/aromatic N) is 1. The first-order valence-corrected chi connectivity index (χ1v) is 5.28. The molecule has 0 aliphatic heterocycles. The van der Waals surface area contributed by atoms with Crippen molar-refractivity contribution in [2.45, 2.75) is 13.8 Å². The molecular formula is C10H11BrN2O. The Hall–Kier alpha value is -1.03. The number of aromatic nitrogens is 2. The lowest BCUT2D eigenvalue weighted by atomic mass is 10.2. The minimum atomic E-state index is 0.587. The zero-order valence-corrected chi connectivity index (χ0v) is 9.68. The third kappa shape index (κ3) is 1.62. The van der Waals surface area contributed by atoms with Crippen LogP contribution >= 0.6 is 15.9 Å². The molecule has 1 aromatic carbocycles. The van der Waals surface area contributed by atoms with Crippen LogP contribution in [0.4, 0.5) is 0 Å². The Morgan fingerprint density at radius 3 is 3.00 bits per heavy atom. The SMILES string of the molecule is CCOc1nc2c(C)cc(Br)cc2[nH]1. The molecule has 2 rings (SSSR count). The summed E-state index contributed by atoms with van der Waals surface area (Å²) in [5.74, 6) is 0. The van der Waals surface area contributed by atoms with Crippen LogP contribution in [0.3, 0.4) is 0 Å². The minimum absolute atomic E-state index is 0.587. The fourth-order valence-electron chi connectivity index (χ4n) is 1.43. The summed E-state index contributed by atoms with van der Waals surface area (Å²) < 4.78 is 6.35. The Balaban J connectivity index is 2.58. The molecule has 1 aromatic heterocycles. The smallest absolute Gasteiger partial charge is 0.294 e. The Morgan fingerprint density at radius 1 is 1.50 bits per heavy atom. The van der Waals surface area contributed by atoms with Gasteiger partial charge in [-0.25, -0.2) is 0 Å². The highest BCUT2D eigenvalue weighted by Crippen LogP contribution is 2.23. The van der Waals surface area contributed by atoms with Crippen molar-refractivity contribution < 1.29 is 4.74 Å². The van der Waals surface area contributed by atoms with Gasteiger partial charge in [0, 0.05) is 4.47 Å². The number of rotatable bonds is 2. The normalized spacial score (nSPS) is 10.8. The fourth-order valence-corrected chi connectivity index (χ4v) is 2.00. The summed E-state index contributed by atoms with van der Waals surface area (Å²) in [5.41, 5.74) is 3.11. The zero-order chi connectivity index (χ0) is 10.1. The van der Waals surface area contributed by atoms with E-state index in [0.717, 1.165) is 21.1 Å². The number of imidazole rings is 1. The highest BCUT2D eigenvalue weighted by molar-refractivity contribution is 9.10. The molecule has 1 N–H and O–H groups in total. The van der Waals surface area contributed by atoms with Crippen molar-refractivity contribution >= 4 is 27.0 Å². The van der Waals surface area contributed by atoms with Crippen LogP contribution in [0.1, 0.15) is 12.5 Å². The number of ether oxygens (including phenoxy) is 1. The summed E-state index contributed by atoms with van der Waals surface area (Å²) >= 11 is 3.44. The lowest BCUT2D eigenvalue weighted by Crippen LogP contribution is -1.92. The first-order valence-electron chi connectivity index (χ1n) is 4.49. The Morgan fingerprint density at radius 2 is 2.29 bits per heavy atom. The molecule has 74 valence electrons. The van der Waals surface area contributed by atoms with E-state index in [1.54, 1.807) is 0 Å². The molecule has 0 saturated carbocycles. The van der Waals surface area contributed by atoms with Crippen LogP contribution in [-0.2, 0) is 0 Å². The predicted molar refractivity (Wildman–Crippen MR) is 59.7 cm³/mol. The number of benzene rings is 1.